The van der Waals surface area contributed by atoms with Crippen molar-refractivity contribution in [3.63, 3.8) is 0 Å². The number of rotatable bonds is 3. The average Bonchev–Trinajstić information content (AvgIpc) is 3.42. The van der Waals surface area contributed by atoms with Crippen LogP contribution in [0.3, 0.4) is 0 Å². The number of benzene rings is 1. The van der Waals surface area contributed by atoms with Crippen LogP contribution in [-0.2, 0) is 4.79 Å². The van der Waals surface area contributed by atoms with Gasteiger partial charge in [0.2, 0.25) is 5.91 Å². The van der Waals surface area contributed by atoms with Crippen molar-refractivity contribution in [3.8, 4) is 5.69 Å². The molecule has 0 unspecified atom stereocenters. The Labute approximate surface area is 160 Å². The maximum absolute atomic E-state index is 13.1. The van der Waals surface area contributed by atoms with E-state index in [0.29, 0.717) is 28.4 Å². The van der Waals surface area contributed by atoms with Crippen LogP contribution in [0.4, 0.5) is 0 Å². The Bertz CT molecular complexity index is 1070. The highest BCUT2D eigenvalue weighted by Gasteiger charge is 2.31. The largest absolute Gasteiger partial charge is 0.343 e. The van der Waals surface area contributed by atoms with Crippen molar-refractivity contribution in [2.24, 2.45) is 0 Å². The van der Waals surface area contributed by atoms with Gasteiger partial charge in [-0.25, -0.2) is 9.67 Å². The van der Waals surface area contributed by atoms with Gasteiger partial charge in [-0.05, 0) is 25.0 Å². The lowest BCUT2D eigenvalue weighted by Gasteiger charge is -2.19. The summed E-state index contributed by atoms with van der Waals surface area (Å²) < 4.78 is 3.39. The van der Waals surface area contributed by atoms with Crippen molar-refractivity contribution < 1.29 is 4.79 Å². The Morgan fingerprint density at radius 2 is 1.96 bits per heavy atom. The minimum atomic E-state index is -0.137. The van der Waals surface area contributed by atoms with Crippen LogP contribution in [0.15, 0.2) is 46.5 Å². The molecule has 138 valence electrons. The third kappa shape index (κ3) is 2.75. The molecule has 1 atom stereocenters. The summed E-state index contributed by atoms with van der Waals surface area (Å²) in [5.74, 6) is 0.839. The molecule has 0 radical (unpaired) electrons. The average molecular weight is 381 g/mol. The molecule has 8 heteroatoms. The van der Waals surface area contributed by atoms with E-state index in [-0.39, 0.29) is 17.5 Å². The molecule has 2 aliphatic rings. The van der Waals surface area contributed by atoms with Crippen LogP contribution < -0.4 is 5.56 Å². The molecule has 0 N–H and O–H groups in total. The maximum Gasteiger partial charge on any atom is 0.265 e. The smallest absolute Gasteiger partial charge is 0.265 e. The van der Waals surface area contributed by atoms with Gasteiger partial charge in [-0.2, -0.15) is 5.10 Å². The maximum atomic E-state index is 13.1. The second kappa shape index (κ2) is 6.53. The topological polar surface area (TPSA) is 73.0 Å². The first kappa shape index (κ1) is 16.6. The lowest BCUT2D eigenvalue weighted by molar-refractivity contribution is -0.130. The first-order valence-corrected chi connectivity index (χ1v) is 10.2. The fourth-order valence-corrected chi connectivity index (χ4v) is 4.97. The monoisotopic (exact) mass is 381 g/mol. The van der Waals surface area contributed by atoms with Gasteiger partial charge in [-0.3, -0.25) is 14.2 Å². The molecular weight excluding hydrogens is 362 g/mol. The quantitative estimate of drug-likeness (QED) is 0.651. The van der Waals surface area contributed by atoms with Crippen LogP contribution in [0, 0.1) is 0 Å². The highest BCUT2D eigenvalue weighted by Crippen LogP contribution is 2.34. The number of nitrogens with zero attached hydrogens (tertiary/aromatic N) is 5. The molecule has 7 nitrogen and oxygen atoms in total. The number of thioether (sulfide) groups is 1. The zero-order valence-electron chi connectivity index (χ0n) is 14.7. The molecule has 0 bridgehead atoms. The Morgan fingerprint density at radius 1 is 1.19 bits per heavy atom. The SMILES string of the molecule is O=C(C[C@@H]1CSc2nc3c(cnn3-c3ccccc3)c(=O)n21)N1CCCC1. The normalized spacial score (nSPS) is 19.0. The molecule has 2 aliphatic heterocycles. The van der Waals surface area contributed by atoms with E-state index in [2.05, 4.69) is 5.10 Å². The first-order valence-electron chi connectivity index (χ1n) is 9.18. The lowest BCUT2D eigenvalue weighted by Crippen LogP contribution is -2.32. The zero-order chi connectivity index (χ0) is 18.4. The van der Waals surface area contributed by atoms with E-state index in [1.807, 2.05) is 35.2 Å². The number of para-hydroxylation sites is 1. The highest BCUT2D eigenvalue weighted by atomic mass is 32.2. The van der Waals surface area contributed by atoms with Gasteiger partial charge in [-0.15, -0.1) is 0 Å². The fraction of sp³-hybridized carbons (Fsp3) is 0.368. The van der Waals surface area contributed by atoms with E-state index in [1.165, 1.54) is 11.8 Å². The van der Waals surface area contributed by atoms with Gasteiger partial charge in [0.15, 0.2) is 10.8 Å². The third-order valence-electron chi connectivity index (χ3n) is 5.24. The molecule has 2 aromatic heterocycles. The molecule has 3 aromatic rings. The Balaban J connectivity index is 1.52. The zero-order valence-corrected chi connectivity index (χ0v) is 15.6. The molecular formula is C19H19N5O2S. The van der Waals surface area contributed by atoms with Crippen molar-refractivity contribution >= 4 is 28.7 Å². The van der Waals surface area contributed by atoms with Crippen molar-refractivity contribution in [3.05, 3.63) is 46.9 Å². The third-order valence-corrected chi connectivity index (χ3v) is 6.34. The van der Waals surface area contributed by atoms with Crippen LogP contribution >= 0.6 is 11.8 Å². The predicted molar refractivity (Wildman–Crippen MR) is 103 cm³/mol. The van der Waals surface area contributed by atoms with Gasteiger partial charge in [0.05, 0.1) is 17.9 Å². The lowest BCUT2D eigenvalue weighted by atomic mass is 10.2. The van der Waals surface area contributed by atoms with E-state index in [9.17, 15) is 9.59 Å². The number of amides is 1. The van der Waals surface area contributed by atoms with Gasteiger partial charge in [0.25, 0.3) is 5.56 Å². The van der Waals surface area contributed by atoms with Crippen LogP contribution in [-0.4, -0.2) is 49.0 Å². The first-order chi connectivity index (χ1) is 13.2. The van der Waals surface area contributed by atoms with Crippen LogP contribution in [0.1, 0.15) is 25.3 Å². The number of hydrogen-bond donors (Lipinski definition) is 0. The predicted octanol–water partition coefficient (Wildman–Crippen LogP) is 2.24. The van der Waals surface area contributed by atoms with E-state index in [0.717, 1.165) is 31.6 Å². The molecule has 27 heavy (non-hydrogen) atoms. The summed E-state index contributed by atoms with van der Waals surface area (Å²) in [6.45, 7) is 1.67. The van der Waals surface area contributed by atoms with Gasteiger partial charge in [0.1, 0.15) is 5.39 Å². The van der Waals surface area contributed by atoms with Crippen molar-refractivity contribution in [2.75, 3.05) is 18.8 Å². The van der Waals surface area contributed by atoms with E-state index >= 15 is 0 Å². The Morgan fingerprint density at radius 3 is 2.74 bits per heavy atom. The summed E-state index contributed by atoms with van der Waals surface area (Å²) in [5.41, 5.74) is 1.32. The number of fused-ring (bicyclic) bond motifs is 2. The molecule has 0 aliphatic carbocycles. The number of likely N-dealkylation sites (tertiary alicyclic amines) is 1. The molecule has 1 amide bonds. The summed E-state index contributed by atoms with van der Waals surface area (Å²) in [4.78, 5) is 32.3. The Kier molecular flexibility index (Phi) is 4.00. The minimum absolute atomic E-state index is 0.110. The number of carbonyl (C=O) groups excluding carboxylic acids is 1. The minimum Gasteiger partial charge on any atom is -0.343 e. The van der Waals surface area contributed by atoms with Crippen LogP contribution in [0.25, 0.3) is 16.7 Å². The number of carbonyl (C=O) groups is 1. The van der Waals surface area contributed by atoms with Gasteiger partial charge in [-0.1, -0.05) is 30.0 Å². The van der Waals surface area contributed by atoms with Gasteiger partial charge in [0, 0.05) is 25.3 Å². The summed E-state index contributed by atoms with van der Waals surface area (Å²) in [6.07, 6.45) is 4.08. The molecule has 0 spiro atoms. The Hall–Kier alpha value is -2.61. The molecule has 1 saturated heterocycles. The molecule has 0 saturated carbocycles. The second-order valence-corrected chi connectivity index (χ2v) is 7.94. The number of hydrogen-bond acceptors (Lipinski definition) is 5. The fourth-order valence-electron chi connectivity index (χ4n) is 3.84. The summed E-state index contributed by atoms with van der Waals surface area (Å²) in [7, 11) is 0. The molecule has 1 fully saturated rings. The summed E-state index contributed by atoms with van der Waals surface area (Å²) in [6, 6.07) is 9.53. The van der Waals surface area contributed by atoms with E-state index < -0.39 is 0 Å². The van der Waals surface area contributed by atoms with E-state index in [4.69, 9.17) is 4.98 Å². The summed E-state index contributed by atoms with van der Waals surface area (Å²) >= 11 is 1.54. The number of aromatic nitrogens is 4. The molecule has 1 aromatic carbocycles. The summed E-state index contributed by atoms with van der Waals surface area (Å²) in [5, 5.41) is 5.53. The van der Waals surface area contributed by atoms with Crippen molar-refractivity contribution in [1.29, 1.82) is 0 Å². The van der Waals surface area contributed by atoms with Crippen molar-refractivity contribution in [1.82, 2.24) is 24.2 Å². The molecule has 4 heterocycles. The standard InChI is InChI=1S/C19H19N5O2S/c25-16(22-8-4-5-9-22)10-14-12-27-19-21-17-15(18(26)23(14)19)11-20-24(17)13-6-2-1-3-7-13/h1-3,6-7,11,14H,4-5,8-10,12H2/t14-/m1/s1. The van der Waals surface area contributed by atoms with Crippen molar-refractivity contribution in [2.45, 2.75) is 30.5 Å². The van der Waals surface area contributed by atoms with Crippen LogP contribution in [0.5, 0.6) is 0 Å². The highest BCUT2D eigenvalue weighted by molar-refractivity contribution is 7.99. The van der Waals surface area contributed by atoms with Gasteiger partial charge < -0.3 is 4.90 Å². The molecule has 5 rings (SSSR count). The van der Waals surface area contributed by atoms with Crippen LogP contribution in [0.2, 0.25) is 0 Å². The second-order valence-electron chi connectivity index (χ2n) is 6.96. The van der Waals surface area contributed by atoms with E-state index in [1.54, 1.807) is 15.4 Å². The van der Waals surface area contributed by atoms with Gasteiger partial charge >= 0.3 is 0 Å².